The molecule has 6 heteroatoms. The number of allylic oxidation sites excluding steroid dienone is 4. The molecule has 0 aromatic carbocycles. The van der Waals surface area contributed by atoms with Crippen LogP contribution in [0, 0.1) is 0 Å². The maximum absolute atomic E-state index is 12.4. The lowest BCUT2D eigenvalue weighted by Gasteiger charge is -2.18. The van der Waals surface area contributed by atoms with E-state index in [0.717, 1.165) is 96.3 Å². The summed E-state index contributed by atoms with van der Waals surface area (Å²) in [5.41, 5.74) is 0. The fourth-order valence-corrected chi connectivity index (χ4v) is 4.51. The number of hydrogen-bond acceptors (Lipinski definition) is 6. The average Bonchev–Trinajstić information content (AvgIpc) is 2.98. The molecule has 0 radical (unpaired) electrons. The highest BCUT2D eigenvalue weighted by Crippen LogP contribution is 2.11. The summed E-state index contributed by atoms with van der Waals surface area (Å²) in [5, 5.41) is 0. The molecule has 0 aromatic rings. The maximum atomic E-state index is 12.4. The molecular formula is C36H64O6. The Morgan fingerprint density at radius 1 is 0.476 bits per heavy atom. The molecule has 6 nitrogen and oxygen atoms in total. The van der Waals surface area contributed by atoms with Crippen molar-refractivity contribution in [2.75, 3.05) is 13.2 Å². The largest absolute Gasteiger partial charge is 0.462 e. The second-order valence-corrected chi connectivity index (χ2v) is 11.4. The Kier molecular flexibility index (Phi) is 30.2. The van der Waals surface area contributed by atoms with E-state index in [2.05, 4.69) is 45.1 Å². The van der Waals surface area contributed by atoms with E-state index in [9.17, 15) is 14.4 Å². The molecular weight excluding hydrogens is 528 g/mol. The zero-order valence-corrected chi connectivity index (χ0v) is 27.5. The first kappa shape index (κ1) is 39.9. The zero-order valence-electron chi connectivity index (χ0n) is 27.5. The fraction of sp³-hybridized carbons (Fsp3) is 0.806. The number of hydrogen-bond donors (Lipinski definition) is 0. The number of unbranched alkanes of at least 4 members (excludes halogenated alkanes) is 15. The van der Waals surface area contributed by atoms with E-state index in [-0.39, 0.29) is 31.1 Å². The van der Waals surface area contributed by atoms with E-state index in [1.165, 1.54) is 32.1 Å². The Morgan fingerprint density at radius 2 is 0.881 bits per heavy atom. The first-order valence-corrected chi connectivity index (χ1v) is 17.3. The van der Waals surface area contributed by atoms with Crippen LogP contribution in [-0.4, -0.2) is 37.2 Å². The van der Waals surface area contributed by atoms with Crippen molar-refractivity contribution in [3.63, 3.8) is 0 Å². The van der Waals surface area contributed by atoms with Crippen LogP contribution in [0.2, 0.25) is 0 Å². The van der Waals surface area contributed by atoms with Crippen LogP contribution in [0.1, 0.15) is 168 Å². The molecule has 0 aliphatic heterocycles. The summed E-state index contributed by atoms with van der Waals surface area (Å²) >= 11 is 0. The number of ether oxygens (including phenoxy) is 3. The summed E-state index contributed by atoms with van der Waals surface area (Å²) < 4.78 is 16.3. The fourth-order valence-electron chi connectivity index (χ4n) is 4.51. The normalized spacial score (nSPS) is 12.2. The van der Waals surface area contributed by atoms with Crippen LogP contribution in [0.3, 0.4) is 0 Å². The third-order valence-corrected chi connectivity index (χ3v) is 7.21. The molecule has 0 aliphatic carbocycles. The standard InChI is InChI=1S/C36H64O6/c1-4-7-10-13-14-15-16-17-18-19-20-21-24-26-29-35(38)41-32-33(42-36(39)30-27-23-12-9-6-3)31-40-34(37)28-25-22-11-8-5-2/h13-14,16-17,33H,4-12,15,18-32H2,1-3H3/b14-13-,17-16-. The Morgan fingerprint density at radius 3 is 1.38 bits per heavy atom. The molecule has 0 amide bonds. The second-order valence-electron chi connectivity index (χ2n) is 11.4. The predicted molar refractivity (Wildman–Crippen MR) is 173 cm³/mol. The molecule has 1 unspecified atom stereocenters. The van der Waals surface area contributed by atoms with Crippen LogP contribution in [0.25, 0.3) is 0 Å². The van der Waals surface area contributed by atoms with Gasteiger partial charge >= 0.3 is 17.9 Å². The van der Waals surface area contributed by atoms with E-state index >= 15 is 0 Å². The zero-order chi connectivity index (χ0) is 30.9. The first-order valence-electron chi connectivity index (χ1n) is 17.3. The van der Waals surface area contributed by atoms with Gasteiger partial charge in [0.25, 0.3) is 0 Å². The van der Waals surface area contributed by atoms with Gasteiger partial charge in [-0.3, -0.25) is 14.4 Å². The van der Waals surface area contributed by atoms with Crippen LogP contribution in [0.5, 0.6) is 0 Å². The lowest BCUT2D eigenvalue weighted by molar-refractivity contribution is -0.167. The quantitative estimate of drug-likeness (QED) is 0.0357. The summed E-state index contributed by atoms with van der Waals surface area (Å²) in [6.45, 7) is 6.37. The van der Waals surface area contributed by atoms with Crippen molar-refractivity contribution in [2.24, 2.45) is 0 Å². The number of carbonyl (C=O) groups is 3. The van der Waals surface area contributed by atoms with Crippen molar-refractivity contribution in [1.82, 2.24) is 0 Å². The molecule has 1 atom stereocenters. The molecule has 0 bridgehead atoms. The van der Waals surface area contributed by atoms with E-state index < -0.39 is 6.10 Å². The summed E-state index contributed by atoms with van der Waals surface area (Å²) in [7, 11) is 0. The minimum atomic E-state index is -0.763. The Hall–Kier alpha value is -2.11. The highest BCUT2D eigenvalue weighted by Gasteiger charge is 2.19. The molecule has 0 aliphatic rings. The van der Waals surface area contributed by atoms with Crippen LogP contribution in [-0.2, 0) is 28.6 Å². The molecule has 0 saturated heterocycles. The highest BCUT2D eigenvalue weighted by molar-refractivity contribution is 5.71. The van der Waals surface area contributed by atoms with Crippen LogP contribution < -0.4 is 0 Å². The summed E-state index contributed by atoms with van der Waals surface area (Å²) in [4.78, 5) is 36.8. The van der Waals surface area contributed by atoms with E-state index in [1.807, 2.05) is 0 Å². The van der Waals surface area contributed by atoms with Gasteiger partial charge in [-0.1, -0.05) is 129 Å². The lowest BCUT2D eigenvalue weighted by atomic mass is 10.1. The van der Waals surface area contributed by atoms with Crippen molar-refractivity contribution in [3.05, 3.63) is 24.3 Å². The molecule has 0 saturated carbocycles. The van der Waals surface area contributed by atoms with E-state index in [1.54, 1.807) is 0 Å². The lowest BCUT2D eigenvalue weighted by Crippen LogP contribution is -2.30. The van der Waals surface area contributed by atoms with Gasteiger partial charge in [0, 0.05) is 19.3 Å². The van der Waals surface area contributed by atoms with Crippen LogP contribution in [0.15, 0.2) is 24.3 Å². The predicted octanol–water partition coefficient (Wildman–Crippen LogP) is 10.1. The molecule has 0 spiro atoms. The molecule has 42 heavy (non-hydrogen) atoms. The smallest absolute Gasteiger partial charge is 0.306 e. The van der Waals surface area contributed by atoms with E-state index in [4.69, 9.17) is 14.2 Å². The Labute approximate surface area is 258 Å². The summed E-state index contributed by atoms with van der Waals surface area (Å²) in [5.74, 6) is -0.928. The highest BCUT2D eigenvalue weighted by atomic mass is 16.6. The summed E-state index contributed by atoms with van der Waals surface area (Å²) in [6.07, 6.45) is 30.7. The van der Waals surface area contributed by atoms with Gasteiger partial charge < -0.3 is 14.2 Å². The molecule has 0 N–H and O–H groups in total. The SMILES string of the molecule is CCCC/C=C\C/C=C\CCCCCCCC(=O)OCC(COC(=O)CCCCCCC)OC(=O)CCCCCCC. The van der Waals surface area contributed by atoms with Gasteiger partial charge in [-0.25, -0.2) is 0 Å². The number of carbonyl (C=O) groups excluding carboxylic acids is 3. The molecule has 0 fully saturated rings. The third-order valence-electron chi connectivity index (χ3n) is 7.21. The minimum absolute atomic E-state index is 0.0771. The van der Waals surface area contributed by atoms with Crippen molar-refractivity contribution in [3.8, 4) is 0 Å². The minimum Gasteiger partial charge on any atom is -0.462 e. The summed E-state index contributed by atoms with van der Waals surface area (Å²) in [6, 6.07) is 0. The van der Waals surface area contributed by atoms with Gasteiger partial charge in [-0.2, -0.15) is 0 Å². The van der Waals surface area contributed by atoms with Gasteiger partial charge in [0.05, 0.1) is 0 Å². The average molecular weight is 593 g/mol. The van der Waals surface area contributed by atoms with Gasteiger partial charge in [0.2, 0.25) is 0 Å². The van der Waals surface area contributed by atoms with Crippen molar-refractivity contribution < 1.29 is 28.6 Å². The monoisotopic (exact) mass is 592 g/mol. The van der Waals surface area contributed by atoms with Gasteiger partial charge in [-0.05, 0) is 44.9 Å². The Balaban J connectivity index is 4.22. The molecule has 0 rings (SSSR count). The van der Waals surface area contributed by atoms with Gasteiger partial charge in [0.1, 0.15) is 13.2 Å². The first-order chi connectivity index (χ1) is 20.5. The molecule has 0 aromatic heterocycles. The van der Waals surface area contributed by atoms with Gasteiger partial charge in [0.15, 0.2) is 6.10 Å². The third kappa shape index (κ3) is 29.4. The van der Waals surface area contributed by atoms with Crippen LogP contribution in [0.4, 0.5) is 0 Å². The maximum Gasteiger partial charge on any atom is 0.306 e. The number of esters is 3. The Bertz CT molecular complexity index is 699. The van der Waals surface area contributed by atoms with Crippen molar-refractivity contribution in [1.29, 1.82) is 0 Å². The van der Waals surface area contributed by atoms with E-state index in [0.29, 0.717) is 19.3 Å². The molecule has 0 heterocycles. The topological polar surface area (TPSA) is 78.9 Å². The van der Waals surface area contributed by atoms with Crippen LogP contribution >= 0.6 is 0 Å². The van der Waals surface area contributed by atoms with Crippen molar-refractivity contribution >= 4 is 17.9 Å². The number of rotatable bonds is 30. The second kappa shape index (κ2) is 31.8. The van der Waals surface area contributed by atoms with Crippen molar-refractivity contribution in [2.45, 2.75) is 175 Å². The molecule has 244 valence electrons. The van der Waals surface area contributed by atoms with Gasteiger partial charge in [-0.15, -0.1) is 0 Å².